The van der Waals surface area contributed by atoms with Gasteiger partial charge in [0, 0.05) is 29.4 Å². The minimum atomic E-state index is 0.418. The Balaban J connectivity index is 2.32. The van der Waals surface area contributed by atoms with Crippen LogP contribution < -0.4 is 5.32 Å². The predicted molar refractivity (Wildman–Crippen MR) is 70.1 cm³/mol. The van der Waals surface area contributed by atoms with Crippen molar-refractivity contribution in [3.8, 4) is 0 Å². The fraction of sp³-hybridized carbons (Fsp3) is 0.714. The first-order valence-electron chi connectivity index (χ1n) is 6.81. The molecular formula is C14H23N3. The third kappa shape index (κ3) is 2.83. The van der Waals surface area contributed by atoms with Gasteiger partial charge >= 0.3 is 0 Å². The van der Waals surface area contributed by atoms with E-state index in [9.17, 15) is 0 Å². The normalized spacial score (nSPS) is 20.1. The molecule has 1 aliphatic rings. The Morgan fingerprint density at radius 2 is 2.24 bits per heavy atom. The average Bonchev–Trinajstić information content (AvgIpc) is 2.52. The molecule has 17 heavy (non-hydrogen) atoms. The van der Waals surface area contributed by atoms with Gasteiger partial charge in [-0.3, -0.25) is 0 Å². The highest BCUT2D eigenvalue weighted by molar-refractivity contribution is 5.24. The van der Waals surface area contributed by atoms with Crippen LogP contribution in [0.25, 0.3) is 0 Å². The lowest BCUT2D eigenvalue weighted by Crippen LogP contribution is -2.22. The maximum atomic E-state index is 4.75. The van der Waals surface area contributed by atoms with Gasteiger partial charge in [-0.05, 0) is 25.8 Å². The average molecular weight is 233 g/mol. The SMILES string of the molecule is CCNC1CCCCc2nc(C(C)C)ncc21. The summed E-state index contributed by atoms with van der Waals surface area (Å²) in [5, 5.41) is 3.55. The number of aromatic nitrogens is 2. The van der Waals surface area contributed by atoms with Gasteiger partial charge in [-0.25, -0.2) is 9.97 Å². The molecule has 3 nitrogen and oxygen atoms in total. The molecule has 3 heteroatoms. The van der Waals surface area contributed by atoms with Crippen molar-refractivity contribution in [2.24, 2.45) is 0 Å². The topological polar surface area (TPSA) is 37.8 Å². The molecule has 0 aliphatic heterocycles. The highest BCUT2D eigenvalue weighted by Crippen LogP contribution is 2.27. The summed E-state index contributed by atoms with van der Waals surface area (Å²) in [6.07, 6.45) is 6.91. The lowest BCUT2D eigenvalue weighted by molar-refractivity contribution is 0.502. The summed E-state index contributed by atoms with van der Waals surface area (Å²) in [7, 11) is 0. The zero-order valence-electron chi connectivity index (χ0n) is 11.2. The molecule has 0 radical (unpaired) electrons. The number of rotatable bonds is 3. The summed E-state index contributed by atoms with van der Waals surface area (Å²) in [4.78, 5) is 9.27. The Morgan fingerprint density at radius 1 is 1.41 bits per heavy atom. The standard InChI is InChI=1S/C14H23N3/c1-4-15-12-7-5-6-8-13-11(12)9-16-14(17-13)10(2)3/h9-10,12,15H,4-8H2,1-3H3. The number of nitrogens with zero attached hydrogens (tertiary/aromatic N) is 2. The molecule has 1 aliphatic carbocycles. The van der Waals surface area contributed by atoms with Gasteiger partial charge in [0.2, 0.25) is 0 Å². The molecule has 1 heterocycles. The van der Waals surface area contributed by atoms with E-state index in [1.807, 2.05) is 0 Å². The lowest BCUT2D eigenvalue weighted by Gasteiger charge is -2.18. The van der Waals surface area contributed by atoms with Crippen molar-refractivity contribution >= 4 is 0 Å². The predicted octanol–water partition coefficient (Wildman–Crippen LogP) is 2.98. The molecule has 0 amide bonds. The first-order valence-corrected chi connectivity index (χ1v) is 6.81. The van der Waals surface area contributed by atoms with E-state index in [1.54, 1.807) is 0 Å². The summed E-state index contributed by atoms with van der Waals surface area (Å²) in [5.74, 6) is 1.40. The fourth-order valence-corrected chi connectivity index (χ4v) is 2.47. The van der Waals surface area contributed by atoms with Crippen molar-refractivity contribution in [1.82, 2.24) is 15.3 Å². The van der Waals surface area contributed by atoms with Gasteiger partial charge in [0.25, 0.3) is 0 Å². The Bertz CT molecular complexity index is 374. The molecule has 1 aromatic rings. The molecule has 0 fully saturated rings. The molecular weight excluding hydrogens is 210 g/mol. The van der Waals surface area contributed by atoms with Crippen LogP contribution in [-0.2, 0) is 6.42 Å². The number of hydrogen-bond acceptors (Lipinski definition) is 3. The van der Waals surface area contributed by atoms with Gasteiger partial charge in [0.15, 0.2) is 0 Å². The number of aryl methyl sites for hydroxylation is 1. The van der Waals surface area contributed by atoms with Gasteiger partial charge in [0.05, 0.1) is 0 Å². The molecule has 0 saturated heterocycles. The van der Waals surface area contributed by atoms with Gasteiger partial charge in [-0.15, -0.1) is 0 Å². The van der Waals surface area contributed by atoms with Crippen LogP contribution in [-0.4, -0.2) is 16.5 Å². The molecule has 94 valence electrons. The van der Waals surface area contributed by atoms with E-state index in [1.165, 1.54) is 30.5 Å². The first-order chi connectivity index (χ1) is 8.22. The van der Waals surface area contributed by atoms with Gasteiger partial charge in [0.1, 0.15) is 5.82 Å². The van der Waals surface area contributed by atoms with Crippen molar-refractivity contribution in [2.45, 2.75) is 58.4 Å². The summed E-state index contributed by atoms with van der Waals surface area (Å²) >= 11 is 0. The van der Waals surface area contributed by atoms with Crippen LogP contribution in [0.3, 0.4) is 0 Å². The van der Waals surface area contributed by atoms with Crippen LogP contribution in [0.2, 0.25) is 0 Å². The van der Waals surface area contributed by atoms with Crippen LogP contribution in [0.4, 0.5) is 0 Å². The lowest BCUT2D eigenvalue weighted by atomic mass is 10.0. The molecule has 1 unspecified atom stereocenters. The van der Waals surface area contributed by atoms with Crippen molar-refractivity contribution < 1.29 is 0 Å². The molecule has 0 bridgehead atoms. The highest BCUT2D eigenvalue weighted by atomic mass is 14.9. The van der Waals surface area contributed by atoms with Gasteiger partial charge < -0.3 is 5.32 Å². The Labute approximate surface area is 104 Å². The molecule has 1 N–H and O–H groups in total. The van der Waals surface area contributed by atoms with E-state index in [-0.39, 0.29) is 0 Å². The maximum absolute atomic E-state index is 4.75. The van der Waals surface area contributed by atoms with Crippen LogP contribution >= 0.6 is 0 Å². The van der Waals surface area contributed by atoms with E-state index in [0.717, 1.165) is 18.8 Å². The second kappa shape index (κ2) is 5.58. The van der Waals surface area contributed by atoms with Crippen LogP contribution in [0.5, 0.6) is 0 Å². The van der Waals surface area contributed by atoms with Crippen LogP contribution in [0.15, 0.2) is 6.20 Å². The minimum Gasteiger partial charge on any atom is -0.310 e. The molecule has 2 rings (SSSR count). The van der Waals surface area contributed by atoms with E-state index in [2.05, 4.69) is 37.3 Å². The monoisotopic (exact) mass is 233 g/mol. The van der Waals surface area contributed by atoms with E-state index in [0.29, 0.717) is 12.0 Å². The second-order valence-electron chi connectivity index (χ2n) is 5.14. The Morgan fingerprint density at radius 3 is 2.94 bits per heavy atom. The summed E-state index contributed by atoms with van der Waals surface area (Å²) < 4.78 is 0. The minimum absolute atomic E-state index is 0.418. The third-order valence-corrected chi connectivity index (χ3v) is 3.42. The summed E-state index contributed by atoms with van der Waals surface area (Å²) in [6.45, 7) is 7.48. The van der Waals surface area contributed by atoms with Crippen molar-refractivity contribution in [3.05, 3.63) is 23.3 Å². The molecule has 0 saturated carbocycles. The van der Waals surface area contributed by atoms with E-state index in [4.69, 9.17) is 4.98 Å². The first kappa shape index (κ1) is 12.5. The van der Waals surface area contributed by atoms with Crippen LogP contribution in [0, 0.1) is 0 Å². The Hall–Kier alpha value is -0.960. The molecule has 0 aromatic carbocycles. The molecule has 1 atom stereocenters. The van der Waals surface area contributed by atoms with Crippen molar-refractivity contribution in [1.29, 1.82) is 0 Å². The number of fused-ring (bicyclic) bond motifs is 1. The fourth-order valence-electron chi connectivity index (χ4n) is 2.47. The molecule has 0 spiro atoms. The van der Waals surface area contributed by atoms with Crippen molar-refractivity contribution in [3.63, 3.8) is 0 Å². The van der Waals surface area contributed by atoms with Crippen molar-refractivity contribution in [2.75, 3.05) is 6.54 Å². The Kier molecular flexibility index (Phi) is 4.11. The number of hydrogen-bond donors (Lipinski definition) is 1. The maximum Gasteiger partial charge on any atom is 0.131 e. The molecule has 1 aromatic heterocycles. The van der Waals surface area contributed by atoms with Gasteiger partial charge in [-0.1, -0.05) is 27.2 Å². The third-order valence-electron chi connectivity index (χ3n) is 3.42. The van der Waals surface area contributed by atoms with Gasteiger partial charge in [-0.2, -0.15) is 0 Å². The van der Waals surface area contributed by atoms with Crippen LogP contribution in [0.1, 0.15) is 69.1 Å². The summed E-state index contributed by atoms with van der Waals surface area (Å²) in [5.41, 5.74) is 2.60. The van der Waals surface area contributed by atoms with E-state index < -0.39 is 0 Å². The quantitative estimate of drug-likeness (QED) is 0.816. The van der Waals surface area contributed by atoms with E-state index >= 15 is 0 Å². The summed E-state index contributed by atoms with van der Waals surface area (Å²) in [6, 6.07) is 0.457. The number of nitrogens with one attached hydrogen (secondary N) is 1. The second-order valence-corrected chi connectivity index (χ2v) is 5.14. The zero-order chi connectivity index (χ0) is 12.3. The zero-order valence-corrected chi connectivity index (χ0v) is 11.2. The largest absolute Gasteiger partial charge is 0.310 e. The smallest absolute Gasteiger partial charge is 0.131 e. The highest BCUT2D eigenvalue weighted by Gasteiger charge is 2.20.